The second-order valence-corrected chi connectivity index (χ2v) is 11.0. The van der Waals surface area contributed by atoms with E-state index in [9.17, 15) is 14.7 Å². The summed E-state index contributed by atoms with van der Waals surface area (Å²) in [6.45, 7) is 7.75. The van der Waals surface area contributed by atoms with E-state index in [0.29, 0.717) is 29.4 Å². The summed E-state index contributed by atoms with van der Waals surface area (Å²) >= 11 is 0. The molecule has 0 spiro atoms. The molecule has 0 aliphatic carbocycles. The van der Waals surface area contributed by atoms with E-state index in [-0.39, 0.29) is 12.2 Å². The Morgan fingerprint density at radius 1 is 1.00 bits per heavy atom. The number of aromatic nitrogens is 1. The van der Waals surface area contributed by atoms with Crippen molar-refractivity contribution < 1.29 is 28.9 Å². The summed E-state index contributed by atoms with van der Waals surface area (Å²) in [5.41, 5.74) is 10.3. The van der Waals surface area contributed by atoms with Crippen LogP contribution in [0, 0.1) is 13.8 Å². The van der Waals surface area contributed by atoms with Crippen LogP contribution in [0.3, 0.4) is 0 Å². The van der Waals surface area contributed by atoms with Crippen molar-refractivity contribution in [1.82, 2.24) is 20.6 Å². The van der Waals surface area contributed by atoms with Crippen molar-refractivity contribution in [2.75, 3.05) is 20.3 Å². The van der Waals surface area contributed by atoms with Crippen LogP contribution < -0.4 is 25.5 Å². The van der Waals surface area contributed by atoms with Crippen molar-refractivity contribution in [2.24, 2.45) is 5.10 Å². The largest absolute Gasteiger partial charge is 0.490 e. The van der Waals surface area contributed by atoms with Crippen molar-refractivity contribution >= 4 is 18.2 Å². The van der Waals surface area contributed by atoms with Gasteiger partial charge in [0, 0.05) is 28.3 Å². The van der Waals surface area contributed by atoms with Crippen molar-refractivity contribution in [3.8, 4) is 28.3 Å². The number of aryl methyl sites for hydroxylation is 1. The highest BCUT2D eigenvalue weighted by Gasteiger charge is 2.32. The molecule has 2 atom stereocenters. The molecule has 2 amide bonds. The van der Waals surface area contributed by atoms with Crippen molar-refractivity contribution in [3.63, 3.8) is 0 Å². The number of carbonyl (C=O) groups is 2. The fourth-order valence-electron chi connectivity index (χ4n) is 5.56. The Morgan fingerprint density at radius 3 is 2.43 bits per heavy atom. The molecule has 0 saturated heterocycles. The van der Waals surface area contributed by atoms with Gasteiger partial charge in [0.25, 0.3) is 0 Å². The number of allylic oxidation sites excluding steroid dienone is 1. The summed E-state index contributed by atoms with van der Waals surface area (Å²) in [4.78, 5) is 24.7. The molecule has 2 heterocycles. The first-order chi connectivity index (χ1) is 22.7. The number of rotatable bonds is 12. The lowest BCUT2D eigenvalue weighted by Gasteiger charge is -2.28. The molecule has 0 saturated carbocycles. The summed E-state index contributed by atoms with van der Waals surface area (Å²) in [6, 6.07) is 24.6. The minimum Gasteiger partial charge on any atom is -0.490 e. The molecule has 4 N–H and O–H groups in total. The van der Waals surface area contributed by atoms with Crippen LogP contribution in [-0.2, 0) is 9.53 Å². The summed E-state index contributed by atoms with van der Waals surface area (Å²) in [7, 11) is 1.28. The Bertz CT molecular complexity index is 1800. The quantitative estimate of drug-likeness (QED) is 0.0718. The predicted octanol–water partition coefficient (Wildman–Crippen LogP) is 5.28. The number of hydrogen-bond donors (Lipinski definition) is 4. The third-order valence-corrected chi connectivity index (χ3v) is 7.80. The number of aliphatic hydroxyl groups is 1. The summed E-state index contributed by atoms with van der Waals surface area (Å²) in [6.07, 6.45) is 0.553. The number of hydrazone groups is 1. The molecular weight excluding hydrogens is 598 g/mol. The monoisotopic (exact) mass is 637 g/mol. The van der Waals surface area contributed by atoms with E-state index >= 15 is 0 Å². The molecule has 1 aliphatic rings. The molecule has 47 heavy (non-hydrogen) atoms. The summed E-state index contributed by atoms with van der Waals surface area (Å²) in [5, 5.41) is 20.2. The highest BCUT2D eigenvalue weighted by atomic mass is 16.5. The SMILES string of the molecule is CCOc1cc([C@H]2NC(=O)NC(C)=C2C(=O)OC)ccc1OC[C@H](O)N/N=C/c1cc(C)n(-c2ccc(-c3ccccc3)cc2)c1C. The van der Waals surface area contributed by atoms with E-state index < -0.39 is 24.3 Å². The lowest BCUT2D eigenvalue weighted by molar-refractivity contribution is -0.136. The number of urea groups is 1. The van der Waals surface area contributed by atoms with E-state index in [4.69, 9.17) is 14.2 Å². The minimum absolute atomic E-state index is 0.125. The third-order valence-electron chi connectivity index (χ3n) is 7.80. The number of hydrogen-bond acceptors (Lipinski definition) is 8. The Balaban J connectivity index is 1.23. The summed E-state index contributed by atoms with van der Waals surface area (Å²) in [5.74, 6) is 0.204. The van der Waals surface area contributed by atoms with Crippen LogP contribution in [0.25, 0.3) is 16.8 Å². The van der Waals surface area contributed by atoms with Crippen LogP contribution in [0.1, 0.15) is 42.4 Å². The standard InChI is InChI=1S/C36H39N5O6/c1-6-46-31-19-27(34-33(35(43)45-5)23(3)38-36(44)39-34)14-17-30(31)47-21-32(42)40-37-20-28-18-22(2)41(24(28)4)29-15-12-26(13-16-29)25-10-8-7-9-11-25/h7-20,32,34,40,42H,6,21H2,1-5H3,(H2,38,39,44)/b37-20+/t32-,34+/m0/s1. The van der Waals surface area contributed by atoms with Gasteiger partial charge in [-0.2, -0.15) is 5.10 Å². The molecule has 1 aliphatic heterocycles. The van der Waals surface area contributed by atoms with Crippen molar-refractivity contribution in [2.45, 2.75) is 40.0 Å². The molecule has 11 nitrogen and oxygen atoms in total. The first-order valence-corrected chi connectivity index (χ1v) is 15.3. The Kier molecular flexibility index (Phi) is 10.3. The molecule has 5 rings (SSSR count). The van der Waals surface area contributed by atoms with Gasteiger partial charge in [-0.25, -0.2) is 9.59 Å². The molecule has 0 radical (unpaired) electrons. The number of amides is 2. The molecule has 4 aromatic rings. The molecule has 11 heteroatoms. The second kappa shape index (κ2) is 14.7. The average Bonchev–Trinajstić information content (AvgIpc) is 3.36. The maximum Gasteiger partial charge on any atom is 0.337 e. The van der Waals surface area contributed by atoms with E-state index in [1.807, 2.05) is 45.0 Å². The number of carbonyl (C=O) groups excluding carboxylic acids is 2. The fourth-order valence-corrected chi connectivity index (χ4v) is 5.56. The number of nitrogens with one attached hydrogen (secondary N) is 3. The van der Waals surface area contributed by atoms with Crippen molar-refractivity contribution in [3.05, 3.63) is 113 Å². The third kappa shape index (κ3) is 7.47. The topological polar surface area (TPSA) is 135 Å². The zero-order chi connectivity index (χ0) is 33.5. The first kappa shape index (κ1) is 32.8. The first-order valence-electron chi connectivity index (χ1n) is 15.3. The Labute approximate surface area is 273 Å². The lowest BCUT2D eigenvalue weighted by atomic mass is 9.95. The van der Waals surface area contributed by atoms with Gasteiger partial charge in [0.2, 0.25) is 0 Å². The smallest absolute Gasteiger partial charge is 0.337 e. The molecule has 1 aromatic heterocycles. The summed E-state index contributed by atoms with van der Waals surface area (Å²) < 4.78 is 18.7. The van der Waals surface area contributed by atoms with Gasteiger partial charge < -0.3 is 34.5 Å². The maximum absolute atomic E-state index is 12.5. The molecule has 0 unspecified atom stereocenters. The minimum atomic E-state index is -1.12. The molecule has 0 bridgehead atoms. The number of methoxy groups -OCH3 is 1. The van der Waals surface area contributed by atoms with Gasteiger partial charge in [-0.05, 0) is 74.7 Å². The molecular formula is C36H39N5O6. The van der Waals surface area contributed by atoms with Gasteiger partial charge in [-0.1, -0.05) is 48.5 Å². The maximum atomic E-state index is 12.5. The van der Waals surface area contributed by atoms with Gasteiger partial charge in [0.05, 0.1) is 31.5 Å². The van der Waals surface area contributed by atoms with Gasteiger partial charge >= 0.3 is 12.0 Å². The number of esters is 1. The Morgan fingerprint density at radius 2 is 1.72 bits per heavy atom. The average molecular weight is 638 g/mol. The van der Waals surface area contributed by atoms with Crippen LogP contribution in [0.4, 0.5) is 4.79 Å². The van der Waals surface area contributed by atoms with E-state index in [0.717, 1.165) is 28.2 Å². The second-order valence-electron chi connectivity index (χ2n) is 11.0. The van der Waals surface area contributed by atoms with Crippen LogP contribution in [-0.4, -0.2) is 54.4 Å². The van der Waals surface area contributed by atoms with Crippen LogP contribution >= 0.6 is 0 Å². The molecule has 3 aromatic carbocycles. The van der Waals surface area contributed by atoms with Crippen LogP contribution in [0.15, 0.2) is 95.2 Å². The fraction of sp³-hybridized carbons (Fsp3) is 0.250. The number of aliphatic hydroxyl groups excluding tert-OH is 1. The van der Waals surface area contributed by atoms with Crippen LogP contribution in [0.2, 0.25) is 0 Å². The van der Waals surface area contributed by atoms with Gasteiger partial charge in [-0.15, -0.1) is 0 Å². The highest BCUT2D eigenvalue weighted by Crippen LogP contribution is 2.35. The molecule has 0 fully saturated rings. The van der Waals surface area contributed by atoms with Crippen molar-refractivity contribution in [1.29, 1.82) is 0 Å². The van der Waals surface area contributed by atoms with Gasteiger partial charge in [0.1, 0.15) is 6.61 Å². The molecule has 244 valence electrons. The predicted molar refractivity (Wildman–Crippen MR) is 180 cm³/mol. The van der Waals surface area contributed by atoms with E-state index in [2.05, 4.69) is 62.1 Å². The van der Waals surface area contributed by atoms with Gasteiger partial charge in [-0.3, -0.25) is 5.43 Å². The van der Waals surface area contributed by atoms with E-state index in [1.165, 1.54) is 12.7 Å². The number of ether oxygens (including phenoxy) is 3. The number of benzene rings is 3. The van der Waals surface area contributed by atoms with Crippen LogP contribution in [0.5, 0.6) is 11.5 Å². The lowest BCUT2D eigenvalue weighted by Crippen LogP contribution is -2.45. The highest BCUT2D eigenvalue weighted by molar-refractivity contribution is 5.95. The zero-order valence-corrected chi connectivity index (χ0v) is 27.0. The van der Waals surface area contributed by atoms with Gasteiger partial charge in [0.15, 0.2) is 17.7 Å². The zero-order valence-electron chi connectivity index (χ0n) is 27.0. The Hall–Kier alpha value is -5.55. The normalized spacial score (nSPS) is 15.2. The number of nitrogens with zero attached hydrogens (tertiary/aromatic N) is 2. The van der Waals surface area contributed by atoms with E-state index in [1.54, 1.807) is 31.3 Å².